The van der Waals surface area contributed by atoms with Crippen LogP contribution in [0.3, 0.4) is 0 Å². The maximum Gasteiger partial charge on any atom is 0.246 e. The van der Waals surface area contributed by atoms with Crippen molar-refractivity contribution in [1.82, 2.24) is 10.0 Å². The molecule has 0 rings (SSSR count). The molecule has 0 atom stereocenters. The second-order valence-electron chi connectivity index (χ2n) is 1.79. The topological polar surface area (TPSA) is 75.3 Å². The average molecular weight is 213 g/mol. The van der Waals surface area contributed by atoms with Crippen molar-refractivity contribution in [2.24, 2.45) is 0 Å². The number of rotatable bonds is 4. The van der Waals surface area contributed by atoms with Gasteiger partial charge in [0.05, 0.1) is 0 Å². The molecule has 0 saturated carbocycles. The number of likely N-dealkylation sites (N-methyl/N-ethyl adjacent to an activating group) is 1. The smallest absolute Gasteiger partial charge is 0.246 e. The summed E-state index contributed by atoms with van der Waals surface area (Å²) in [6.45, 7) is 0. The molecule has 0 aliphatic heterocycles. The van der Waals surface area contributed by atoms with Gasteiger partial charge in [0, 0.05) is 19.3 Å². The Hall–Kier alpha value is -0.750. The molecule has 0 unspecified atom stereocenters. The van der Waals surface area contributed by atoms with Crippen molar-refractivity contribution < 1.29 is 13.2 Å². The predicted molar refractivity (Wildman–Crippen MR) is 46.0 cm³/mol. The molecule has 5 nitrogen and oxygen atoms in total. The van der Waals surface area contributed by atoms with Crippen molar-refractivity contribution in [2.45, 2.75) is 0 Å². The van der Waals surface area contributed by atoms with Crippen molar-refractivity contribution >= 4 is 27.5 Å². The molecule has 0 spiro atoms. The fraction of sp³-hybridized carbons (Fsp3) is 0.400. The second kappa shape index (κ2) is 5.00. The minimum atomic E-state index is -3.47. The number of carbonyl (C=O) groups is 1. The number of hydrogen-bond acceptors (Lipinski definition) is 3. The summed E-state index contributed by atoms with van der Waals surface area (Å²) in [5.41, 5.74) is 0. The van der Waals surface area contributed by atoms with Gasteiger partial charge in [0.25, 0.3) is 0 Å². The van der Waals surface area contributed by atoms with E-state index in [1.807, 2.05) is 4.72 Å². The summed E-state index contributed by atoms with van der Waals surface area (Å²) in [6.07, 6.45) is 2.06. The maximum absolute atomic E-state index is 10.6. The Morgan fingerprint density at radius 2 is 2.17 bits per heavy atom. The summed E-state index contributed by atoms with van der Waals surface area (Å²) >= 11 is 5.06. The predicted octanol–water partition coefficient (Wildman–Crippen LogP) is -0.638. The molecule has 0 aromatic rings. The fourth-order valence-corrected chi connectivity index (χ4v) is 0.856. The number of halogens is 1. The van der Waals surface area contributed by atoms with E-state index in [9.17, 15) is 13.2 Å². The lowest BCUT2D eigenvalue weighted by atomic mass is 10.6. The van der Waals surface area contributed by atoms with Crippen LogP contribution in [0.2, 0.25) is 0 Å². The van der Waals surface area contributed by atoms with Gasteiger partial charge in [0.15, 0.2) is 0 Å². The molecule has 0 heterocycles. The third-order valence-corrected chi connectivity index (χ3v) is 2.52. The first kappa shape index (κ1) is 11.2. The zero-order chi connectivity index (χ0) is 9.61. The van der Waals surface area contributed by atoms with Crippen LogP contribution < -0.4 is 10.0 Å². The molecule has 0 radical (unpaired) electrons. The van der Waals surface area contributed by atoms with Crippen molar-refractivity contribution in [3.05, 3.63) is 12.3 Å². The molecule has 0 aromatic heterocycles. The highest BCUT2D eigenvalue weighted by atomic mass is 35.5. The van der Waals surface area contributed by atoms with Crippen LogP contribution in [0.1, 0.15) is 0 Å². The van der Waals surface area contributed by atoms with Gasteiger partial charge in [-0.1, -0.05) is 0 Å². The zero-order valence-corrected chi connectivity index (χ0v) is 7.95. The van der Waals surface area contributed by atoms with E-state index in [2.05, 4.69) is 5.32 Å². The molecule has 7 heteroatoms. The second-order valence-corrected chi connectivity index (χ2v) is 4.13. The molecule has 2 N–H and O–H groups in total. The Balaban J connectivity index is 3.99. The quantitative estimate of drug-likeness (QED) is 0.481. The highest BCUT2D eigenvalue weighted by Gasteiger charge is 2.02. The van der Waals surface area contributed by atoms with E-state index in [0.717, 1.165) is 12.3 Å². The Kier molecular flexibility index (Phi) is 4.68. The number of amides is 1. The summed E-state index contributed by atoms with van der Waals surface area (Å²) in [7, 11) is -2.04. The number of carbonyl (C=O) groups excluding carboxylic acids is 1. The normalized spacial score (nSPS) is 11.5. The van der Waals surface area contributed by atoms with Gasteiger partial charge < -0.3 is 5.32 Å². The Morgan fingerprint density at radius 3 is 2.58 bits per heavy atom. The van der Waals surface area contributed by atoms with Gasteiger partial charge in [-0.3, -0.25) is 9.52 Å². The minimum Gasteiger partial charge on any atom is -0.356 e. The van der Waals surface area contributed by atoms with Crippen LogP contribution >= 0.6 is 11.6 Å². The highest BCUT2D eigenvalue weighted by Crippen LogP contribution is 1.86. The van der Waals surface area contributed by atoms with Crippen LogP contribution in [-0.4, -0.2) is 26.6 Å². The van der Waals surface area contributed by atoms with Crippen molar-refractivity contribution in [3.63, 3.8) is 0 Å². The van der Waals surface area contributed by atoms with Gasteiger partial charge in [-0.25, -0.2) is 8.42 Å². The van der Waals surface area contributed by atoms with Crippen LogP contribution in [0.5, 0.6) is 0 Å². The first-order valence-electron chi connectivity index (χ1n) is 2.96. The number of sulfonamides is 1. The SMILES string of the molecule is CNC(=O)C=CNS(=O)(=O)CCl. The third kappa shape index (κ3) is 4.97. The van der Waals surface area contributed by atoms with Crippen LogP contribution in [0.25, 0.3) is 0 Å². The largest absolute Gasteiger partial charge is 0.356 e. The van der Waals surface area contributed by atoms with Crippen molar-refractivity contribution in [3.8, 4) is 0 Å². The molecule has 12 heavy (non-hydrogen) atoms. The lowest BCUT2D eigenvalue weighted by molar-refractivity contribution is -0.116. The molecule has 0 fully saturated rings. The van der Waals surface area contributed by atoms with Crippen molar-refractivity contribution in [2.75, 3.05) is 12.3 Å². The van der Waals surface area contributed by atoms with Gasteiger partial charge in [-0.05, 0) is 0 Å². The average Bonchev–Trinajstić information content (AvgIpc) is 2.04. The molecule has 0 aromatic carbocycles. The van der Waals surface area contributed by atoms with Gasteiger partial charge in [-0.15, -0.1) is 11.6 Å². The van der Waals surface area contributed by atoms with E-state index in [-0.39, 0.29) is 0 Å². The number of nitrogens with one attached hydrogen (secondary N) is 2. The van der Waals surface area contributed by atoms with Gasteiger partial charge in [0.1, 0.15) is 5.21 Å². The van der Waals surface area contributed by atoms with Gasteiger partial charge >= 0.3 is 0 Å². The molecule has 0 aliphatic rings. The van der Waals surface area contributed by atoms with Crippen LogP contribution in [0.4, 0.5) is 0 Å². The lowest BCUT2D eigenvalue weighted by Gasteiger charge is -1.96. The van der Waals surface area contributed by atoms with Crippen molar-refractivity contribution in [1.29, 1.82) is 0 Å². The van der Waals surface area contributed by atoms with Crippen LogP contribution in [-0.2, 0) is 14.8 Å². The first-order chi connectivity index (χ1) is 5.52. The van der Waals surface area contributed by atoms with Crippen LogP contribution in [0.15, 0.2) is 12.3 Å². The molecule has 0 bridgehead atoms. The summed E-state index contributed by atoms with van der Waals surface area (Å²) in [5.74, 6) is -0.396. The third-order valence-electron chi connectivity index (χ3n) is 0.872. The monoisotopic (exact) mass is 212 g/mol. The van der Waals surface area contributed by atoms with E-state index in [1.54, 1.807) is 0 Å². The first-order valence-corrected chi connectivity index (χ1v) is 5.14. The Morgan fingerprint density at radius 1 is 1.58 bits per heavy atom. The van der Waals surface area contributed by atoms with Crippen LogP contribution in [0, 0.1) is 0 Å². The zero-order valence-electron chi connectivity index (χ0n) is 6.37. The van der Waals surface area contributed by atoms with E-state index < -0.39 is 21.1 Å². The number of hydrogen-bond donors (Lipinski definition) is 2. The number of alkyl halides is 1. The minimum absolute atomic E-state index is 0.396. The van der Waals surface area contributed by atoms with Gasteiger partial charge in [0.2, 0.25) is 15.9 Å². The molecule has 0 saturated heterocycles. The Labute approximate surface area is 75.8 Å². The summed E-state index contributed by atoms with van der Waals surface area (Å²) in [6, 6.07) is 0. The highest BCUT2D eigenvalue weighted by molar-refractivity contribution is 7.90. The molecular formula is C5H9ClN2O3S. The molecule has 70 valence electrons. The molecule has 0 aliphatic carbocycles. The summed E-state index contributed by atoms with van der Waals surface area (Å²) in [5, 5.41) is 1.74. The lowest BCUT2D eigenvalue weighted by Crippen LogP contribution is -2.20. The van der Waals surface area contributed by atoms with Gasteiger partial charge in [-0.2, -0.15) is 0 Å². The van der Waals surface area contributed by atoms with E-state index >= 15 is 0 Å². The fourth-order valence-electron chi connectivity index (χ4n) is 0.328. The maximum atomic E-state index is 10.6. The standard InChI is InChI=1S/C5H9ClN2O3S/c1-7-5(9)2-3-8-12(10,11)4-6/h2-3,8H,4H2,1H3,(H,7,9). The molecular weight excluding hydrogens is 204 g/mol. The van der Waals surface area contributed by atoms with E-state index in [0.29, 0.717) is 0 Å². The summed E-state index contributed by atoms with van der Waals surface area (Å²) in [4.78, 5) is 10.5. The summed E-state index contributed by atoms with van der Waals surface area (Å²) < 4.78 is 23.3. The Bertz CT molecular complexity index is 272. The molecule has 1 amide bonds. The van der Waals surface area contributed by atoms with E-state index in [1.165, 1.54) is 7.05 Å². The van der Waals surface area contributed by atoms with E-state index in [4.69, 9.17) is 11.6 Å².